The summed E-state index contributed by atoms with van der Waals surface area (Å²) in [4.78, 5) is 64.9. The van der Waals surface area contributed by atoms with Crippen LogP contribution in [-0.2, 0) is 0 Å². The number of esters is 1. The lowest BCUT2D eigenvalue weighted by atomic mass is 9.85. The number of nitrogens with zero attached hydrogens (tertiary/aromatic N) is 2. The van der Waals surface area contributed by atoms with Gasteiger partial charge in [-0.3, -0.25) is 19.8 Å². The van der Waals surface area contributed by atoms with Crippen LogP contribution in [0.4, 0.5) is 0 Å². The topological polar surface area (TPSA) is 176 Å². The highest BCUT2D eigenvalue weighted by Crippen LogP contribution is 2.34. The fraction of sp³-hybridized carbons (Fsp3) is 0.0882. The summed E-state index contributed by atoms with van der Waals surface area (Å²) < 4.78 is 8.06. The summed E-state index contributed by atoms with van der Waals surface area (Å²) in [6.07, 6.45) is 0. The number of carboxylic acid groups (broad SMARTS) is 2. The molecule has 0 aliphatic heterocycles. The summed E-state index contributed by atoms with van der Waals surface area (Å²) in [5.74, 6) is -3.70. The van der Waals surface area contributed by atoms with E-state index < -0.39 is 34.9 Å². The third kappa shape index (κ3) is 5.82. The van der Waals surface area contributed by atoms with Crippen LogP contribution < -0.4 is 15.9 Å². The highest BCUT2D eigenvalue weighted by Gasteiger charge is 2.31. The molecule has 6 aromatic rings. The third-order valence-electron chi connectivity index (χ3n) is 7.64. The minimum atomic E-state index is -1.16. The number of aromatic amines is 2. The van der Waals surface area contributed by atoms with E-state index in [9.17, 15) is 34.2 Å². The summed E-state index contributed by atoms with van der Waals surface area (Å²) in [5, 5.41) is 26.8. The molecule has 0 saturated heterocycles. The highest BCUT2D eigenvalue weighted by atomic mass is 32.1. The maximum Gasteiger partial charge on any atom is 0.353 e. The van der Waals surface area contributed by atoms with Crippen LogP contribution in [-0.4, -0.2) is 47.7 Å². The highest BCUT2D eigenvalue weighted by molar-refractivity contribution is 7.12. The molecule has 12 nitrogen and oxygen atoms in total. The molecule has 3 aromatic carbocycles. The Hall–Kier alpha value is -6.21. The van der Waals surface area contributed by atoms with E-state index in [4.69, 9.17) is 4.74 Å². The van der Waals surface area contributed by atoms with Crippen molar-refractivity contribution in [3.05, 3.63) is 155 Å². The molecule has 0 bridgehead atoms. The first-order valence-corrected chi connectivity index (χ1v) is 15.1. The van der Waals surface area contributed by atoms with E-state index >= 15 is 0 Å². The lowest BCUT2D eigenvalue weighted by Gasteiger charge is -2.17. The van der Waals surface area contributed by atoms with Crippen molar-refractivity contribution in [1.29, 1.82) is 0 Å². The van der Waals surface area contributed by atoms with Crippen molar-refractivity contribution < 1.29 is 29.3 Å². The summed E-state index contributed by atoms with van der Waals surface area (Å²) in [6.45, 7) is 3.33. The van der Waals surface area contributed by atoms with E-state index in [0.29, 0.717) is 21.8 Å². The Morgan fingerprint density at radius 3 is 1.74 bits per heavy atom. The molecule has 0 spiro atoms. The number of aryl methyl sites for hydroxylation is 2. The van der Waals surface area contributed by atoms with E-state index in [1.165, 1.54) is 57.1 Å². The molecular formula is C34H26N4O8S. The van der Waals surface area contributed by atoms with Gasteiger partial charge in [-0.1, -0.05) is 30.3 Å². The van der Waals surface area contributed by atoms with E-state index in [1.807, 2.05) is 0 Å². The van der Waals surface area contributed by atoms with E-state index in [2.05, 4.69) is 10.2 Å². The zero-order valence-electron chi connectivity index (χ0n) is 24.9. The maximum atomic E-state index is 14.2. The van der Waals surface area contributed by atoms with Gasteiger partial charge in [-0.15, -0.1) is 11.3 Å². The number of hydrogen-bond donors (Lipinski definition) is 4. The number of rotatable bonds is 9. The quantitative estimate of drug-likeness (QED) is 0.123. The van der Waals surface area contributed by atoms with Crippen molar-refractivity contribution in [2.24, 2.45) is 0 Å². The van der Waals surface area contributed by atoms with Gasteiger partial charge in [-0.25, -0.2) is 23.7 Å². The number of nitrogens with one attached hydrogen (secondary N) is 2. The number of carbonyl (C=O) groups excluding carboxylic acids is 1. The summed E-state index contributed by atoms with van der Waals surface area (Å²) in [7, 11) is 0. The molecule has 3 aromatic heterocycles. The zero-order chi connectivity index (χ0) is 33.4. The van der Waals surface area contributed by atoms with Crippen LogP contribution in [0.2, 0.25) is 0 Å². The summed E-state index contributed by atoms with van der Waals surface area (Å²) in [5.41, 5.74) is 1.09. The number of carboxylic acids is 2. The van der Waals surface area contributed by atoms with Gasteiger partial charge in [0, 0.05) is 17.3 Å². The lowest BCUT2D eigenvalue weighted by molar-refractivity contribution is 0.0686. The van der Waals surface area contributed by atoms with Crippen LogP contribution in [0.15, 0.2) is 99.9 Å². The average Bonchev–Trinajstić information content (AvgIpc) is 3.77. The van der Waals surface area contributed by atoms with Gasteiger partial charge >= 0.3 is 17.9 Å². The van der Waals surface area contributed by atoms with Crippen molar-refractivity contribution in [3.8, 4) is 17.1 Å². The van der Waals surface area contributed by atoms with Crippen LogP contribution in [0, 0.1) is 13.8 Å². The number of hydrogen-bond acceptors (Lipinski definition) is 7. The molecular weight excluding hydrogens is 624 g/mol. The SMILES string of the molecule is Cc1[nH]n(-c2cccc(C(=O)O)c2)c(=O)c1C(c1cccc(OC(=O)c2cccs2)c1)c1c(C)[nH]n(-c2cccc(C(=O)O)c2)c1=O. The van der Waals surface area contributed by atoms with Gasteiger partial charge in [-0.2, -0.15) is 0 Å². The average molecular weight is 651 g/mol. The van der Waals surface area contributed by atoms with Crippen molar-refractivity contribution >= 4 is 29.2 Å². The fourth-order valence-corrected chi connectivity index (χ4v) is 6.10. The van der Waals surface area contributed by atoms with Gasteiger partial charge in [0.1, 0.15) is 10.6 Å². The Labute approximate surface area is 269 Å². The number of aromatic carboxylic acids is 2. The van der Waals surface area contributed by atoms with Gasteiger partial charge in [0.2, 0.25) is 0 Å². The zero-order valence-corrected chi connectivity index (χ0v) is 25.7. The van der Waals surface area contributed by atoms with Gasteiger partial charge in [0.25, 0.3) is 11.1 Å². The Bertz CT molecular complexity index is 2180. The first kappa shape index (κ1) is 30.8. The molecule has 6 rings (SSSR count). The molecule has 13 heteroatoms. The predicted molar refractivity (Wildman–Crippen MR) is 173 cm³/mol. The largest absolute Gasteiger partial charge is 0.478 e. The number of carbonyl (C=O) groups is 3. The monoisotopic (exact) mass is 650 g/mol. The third-order valence-corrected chi connectivity index (χ3v) is 8.49. The molecule has 0 aliphatic carbocycles. The second kappa shape index (κ2) is 12.3. The number of ether oxygens (including phenoxy) is 1. The normalized spacial score (nSPS) is 11.1. The molecule has 0 unspecified atom stereocenters. The van der Waals surface area contributed by atoms with Gasteiger partial charge < -0.3 is 14.9 Å². The number of benzene rings is 3. The predicted octanol–water partition coefficient (Wildman–Crippen LogP) is 5.12. The Morgan fingerprint density at radius 2 is 1.26 bits per heavy atom. The molecule has 0 atom stereocenters. The Balaban J connectivity index is 1.55. The van der Waals surface area contributed by atoms with Crippen molar-refractivity contribution in [1.82, 2.24) is 19.6 Å². The molecule has 236 valence electrons. The van der Waals surface area contributed by atoms with Crippen molar-refractivity contribution in [2.75, 3.05) is 0 Å². The van der Waals surface area contributed by atoms with E-state index in [-0.39, 0.29) is 39.4 Å². The minimum absolute atomic E-state index is 0.0204. The van der Waals surface area contributed by atoms with Crippen LogP contribution in [0.1, 0.15) is 64.4 Å². The van der Waals surface area contributed by atoms with E-state index in [0.717, 1.165) is 0 Å². The second-order valence-corrected chi connectivity index (χ2v) is 11.6. The van der Waals surface area contributed by atoms with Crippen LogP contribution >= 0.6 is 11.3 Å². The smallest absolute Gasteiger partial charge is 0.353 e. The Morgan fingerprint density at radius 1 is 0.723 bits per heavy atom. The summed E-state index contributed by atoms with van der Waals surface area (Å²) in [6, 6.07) is 21.6. The molecule has 0 saturated carbocycles. The van der Waals surface area contributed by atoms with E-state index in [1.54, 1.807) is 67.8 Å². The van der Waals surface area contributed by atoms with Crippen LogP contribution in [0.5, 0.6) is 5.75 Å². The first-order chi connectivity index (χ1) is 22.5. The second-order valence-electron chi connectivity index (χ2n) is 10.7. The molecule has 0 fully saturated rings. The minimum Gasteiger partial charge on any atom is -0.478 e. The molecule has 4 N–H and O–H groups in total. The summed E-state index contributed by atoms with van der Waals surface area (Å²) >= 11 is 1.22. The van der Waals surface area contributed by atoms with Gasteiger partial charge in [-0.05, 0) is 79.4 Å². The standard InChI is InChI=1S/C34H26N4O8S/c1-18-27(30(39)37(35-18)23-10-3-8-21(15-23)32(41)42)29(20-7-5-12-25(17-20)46-34(45)26-13-6-14-47-26)28-19(2)36-38(31(28)40)24-11-4-9-22(16-24)33(43)44/h3-17,29,35-36H,1-2H3,(H,41,42)(H,43,44). The Kier molecular flexibility index (Phi) is 8.06. The molecule has 47 heavy (non-hydrogen) atoms. The van der Waals surface area contributed by atoms with Crippen LogP contribution in [0.25, 0.3) is 11.4 Å². The van der Waals surface area contributed by atoms with Crippen LogP contribution in [0.3, 0.4) is 0 Å². The molecule has 3 heterocycles. The lowest BCUT2D eigenvalue weighted by Crippen LogP contribution is -2.25. The van der Waals surface area contributed by atoms with Crippen molar-refractivity contribution in [2.45, 2.75) is 19.8 Å². The van der Waals surface area contributed by atoms with Gasteiger partial charge in [0.05, 0.1) is 33.6 Å². The number of thiophene rings is 1. The van der Waals surface area contributed by atoms with Gasteiger partial charge in [0.15, 0.2) is 0 Å². The maximum absolute atomic E-state index is 14.2. The van der Waals surface area contributed by atoms with Crippen molar-refractivity contribution in [3.63, 3.8) is 0 Å². The molecule has 0 aliphatic rings. The molecule has 0 amide bonds. The molecule has 0 radical (unpaired) electrons. The fourth-order valence-electron chi connectivity index (χ4n) is 5.51. The number of H-pyrrole nitrogens is 2. The number of aromatic nitrogens is 4. The first-order valence-electron chi connectivity index (χ1n) is 14.2.